The van der Waals surface area contributed by atoms with Crippen molar-refractivity contribution in [2.75, 3.05) is 0 Å². The number of aromatic nitrogens is 2. The third-order valence-electron chi connectivity index (χ3n) is 1.74. The van der Waals surface area contributed by atoms with Gasteiger partial charge in [0, 0.05) is 11.9 Å². The van der Waals surface area contributed by atoms with Crippen LogP contribution in [0.1, 0.15) is 5.69 Å². The molecule has 12 heavy (non-hydrogen) atoms. The molecule has 0 spiro atoms. The molecular formula is C8H6Br2N2. The Labute approximate surface area is 86.9 Å². The van der Waals surface area contributed by atoms with Crippen molar-refractivity contribution in [2.45, 2.75) is 6.92 Å². The summed E-state index contributed by atoms with van der Waals surface area (Å²) in [6.07, 6.45) is 1.95. The van der Waals surface area contributed by atoms with Crippen molar-refractivity contribution >= 4 is 37.5 Å². The molecule has 0 aromatic carbocycles. The van der Waals surface area contributed by atoms with Crippen LogP contribution in [0.3, 0.4) is 0 Å². The summed E-state index contributed by atoms with van der Waals surface area (Å²) in [5.74, 6) is 0. The quantitative estimate of drug-likeness (QED) is 0.728. The van der Waals surface area contributed by atoms with Crippen molar-refractivity contribution in [3.8, 4) is 0 Å². The summed E-state index contributed by atoms with van der Waals surface area (Å²) in [6.45, 7) is 2.05. The predicted molar refractivity (Wildman–Crippen MR) is 55.3 cm³/mol. The van der Waals surface area contributed by atoms with E-state index in [2.05, 4.69) is 36.8 Å². The van der Waals surface area contributed by atoms with E-state index in [4.69, 9.17) is 0 Å². The van der Waals surface area contributed by atoms with Crippen LogP contribution in [0.2, 0.25) is 0 Å². The average Bonchev–Trinajstić information content (AvgIpc) is 2.41. The number of imidazole rings is 1. The number of halogens is 2. The van der Waals surface area contributed by atoms with Gasteiger partial charge in [-0.1, -0.05) is 0 Å². The van der Waals surface area contributed by atoms with Gasteiger partial charge >= 0.3 is 0 Å². The Morgan fingerprint density at radius 3 is 2.75 bits per heavy atom. The second-order valence-corrected chi connectivity index (χ2v) is 4.25. The van der Waals surface area contributed by atoms with Crippen molar-refractivity contribution in [2.24, 2.45) is 0 Å². The van der Waals surface area contributed by atoms with E-state index in [1.807, 2.05) is 29.7 Å². The molecule has 2 aromatic heterocycles. The molecule has 0 radical (unpaired) electrons. The van der Waals surface area contributed by atoms with Crippen molar-refractivity contribution < 1.29 is 0 Å². The van der Waals surface area contributed by atoms with Crippen LogP contribution in [-0.2, 0) is 0 Å². The fourth-order valence-corrected chi connectivity index (χ4v) is 1.92. The smallest absolute Gasteiger partial charge is 0.152 e. The first-order valence-corrected chi connectivity index (χ1v) is 5.07. The highest BCUT2D eigenvalue weighted by molar-refractivity contribution is 9.11. The molecule has 0 amide bonds. The van der Waals surface area contributed by atoms with Crippen LogP contribution in [0.25, 0.3) is 5.65 Å². The highest BCUT2D eigenvalue weighted by Crippen LogP contribution is 2.21. The Morgan fingerprint density at radius 1 is 1.33 bits per heavy atom. The average molecular weight is 290 g/mol. The van der Waals surface area contributed by atoms with E-state index in [1.54, 1.807) is 0 Å². The first-order valence-electron chi connectivity index (χ1n) is 3.48. The molecule has 0 N–H and O–H groups in total. The molecular weight excluding hydrogens is 284 g/mol. The van der Waals surface area contributed by atoms with Gasteiger partial charge in [-0.3, -0.25) is 0 Å². The van der Waals surface area contributed by atoms with Crippen molar-refractivity contribution in [1.82, 2.24) is 9.38 Å². The molecule has 4 heteroatoms. The lowest BCUT2D eigenvalue weighted by molar-refractivity contribution is 1.09. The van der Waals surface area contributed by atoms with Gasteiger partial charge < -0.3 is 4.40 Å². The zero-order chi connectivity index (χ0) is 8.72. The lowest BCUT2D eigenvalue weighted by Crippen LogP contribution is -1.88. The third-order valence-corrected chi connectivity index (χ3v) is 2.74. The van der Waals surface area contributed by atoms with E-state index >= 15 is 0 Å². The van der Waals surface area contributed by atoms with Gasteiger partial charge in [-0.2, -0.15) is 0 Å². The Hall–Kier alpha value is -0.350. The third kappa shape index (κ3) is 1.19. The van der Waals surface area contributed by atoms with Gasteiger partial charge in [-0.05, 0) is 50.9 Å². The molecule has 0 atom stereocenters. The van der Waals surface area contributed by atoms with Crippen molar-refractivity contribution in [3.63, 3.8) is 0 Å². The summed E-state index contributed by atoms with van der Waals surface area (Å²) in [7, 11) is 0. The highest BCUT2D eigenvalue weighted by atomic mass is 79.9. The molecule has 0 unspecified atom stereocenters. The number of hydrogen-bond donors (Lipinski definition) is 0. The summed E-state index contributed by atoms with van der Waals surface area (Å²) in [5.41, 5.74) is 2.12. The largest absolute Gasteiger partial charge is 0.302 e. The van der Waals surface area contributed by atoms with Crippen LogP contribution in [0.4, 0.5) is 0 Å². The van der Waals surface area contributed by atoms with E-state index in [-0.39, 0.29) is 0 Å². The Morgan fingerprint density at radius 2 is 2.08 bits per heavy atom. The van der Waals surface area contributed by atoms with Gasteiger partial charge in [-0.25, -0.2) is 4.98 Å². The molecule has 0 fully saturated rings. The maximum atomic E-state index is 4.31. The number of rotatable bonds is 0. The van der Waals surface area contributed by atoms with Gasteiger partial charge in [0.1, 0.15) is 4.60 Å². The molecule has 0 aliphatic rings. The number of pyridine rings is 1. The van der Waals surface area contributed by atoms with Crippen molar-refractivity contribution in [3.05, 3.63) is 33.1 Å². The summed E-state index contributed by atoms with van der Waals surface area (Å²) >= 11 is 6.78. The summed E-state index contributed by atoms with van der Waals surface area (Å²) in [4.78, 5) is 4.31. The van der Waals surface area contributed by atoms with Crippen LogP contribution in [0, 0.1) is 6.92 Å². The molecule has 2 rings (SSSR count). The maximum Gasteiger partial charge on any atom is 0.152 e. The van der Waals surface area contributed by atoms with Gasteiger partial charge in [0.25, 0.3) is 0 Å². The van der Waals surface area contributed by atoms with E-state index in [9.17, 15) is 0 Å². The molecule has 0 aliphatic heterocycles. The zero-order valence-electron chi connectivity index (χ0n) is 6.38. The predicted octanol–water partition coefficient (Wildman–Crippen LogP) is 3.17. The molecule has 2 aromatic rings. The van der Waals surface area contributed by atoms with Gasteiger partial charge in [0.2, 0.25) is 0 Å². The molecule has 0 saturated heterocycles. The fraction of sp³-hybridized carbons (Fsp3) is 0.125. The van der Waals surface area contributed by atoms with Crippen LogP contribution in [0.15, 0.2) is 27.4 Å². The molecule has 0 saturated carbocycles. The molecule has 0 aliphatic carbocycles. The lowest BCUT2D eigenvalue weighted by atomic mass is 10.4. The second kappa shape index (κ2) is 2.85. The van der Waals surface area contributed by atoms with Crippen LogP contribution in [-0.4, -0.2) is 9.38 Å². The van der Waals surface area contributed by atoms with Gasteiger partial charge in [-0.15, -0.1) is 0 Å². The highest BCUT2D eigenvalue weighted by Gasteiger charge is 2.03. The fourth-order valence-electron chi connectivity index (χ4n) is 1.14. The van der Waals surface area contributed by atoms with Crippen LogP contribution in [0.5, 0.6) is 0 Å². The number of aryl methyl sites for hydroxylation is 1. The second-order valence-electron chi connectivity index (χ2n) is 2.58. The normalized spacial score (nSPS) is 10.9. The zero-order valence-corrected chi connectivity index (χ0v) is 9.55. The van der Waals surface area contributed by atoms with Crippen molar-refractivity contribution in [1.29, 1.82) is 0 Å². The minimum atomic E-state index is 0.859. The van der Waals surface area contributed by atoms with E-state index < -0.39 is 0 Å². The van der Waals surface area contributed by atoms with E-state index in [0.717, 1.165) is 14.7 Å². The number of hydrogen-bond acceptors (Lipinski definition) is 1. The molecule has 62 valence electrons. The van der Waals surface area contributed by atoms with E-state index in [0.29, 0.717) is 0 Å². The Bertz CT molecular complexity index is 395. The topological polar surface area (TPSA) is 17.3 Å². The molecule has 2 nitrogen and oxygen atoms in total. The van der Waals surface area contributed by atoms with Crippen LogP contribution < -0.4 is 0 Å². The minimum Gasteiger partial charge on any atom is -0.302 e. The monoisotopic (exact) mass is 288 g/mol. The lowest BCUT2D eigenvalue weighted by Gasteiger charge is -1.99. The number of nitrogens with zero attached hydrogens (tertiary/aromatic N) is 2. The Balaban J connectivity index is 2.93. The summed E-state index contributed by atoms with van der Waals surface area (Å²) in [5, 5.41) is 0. The van der Waals surface area contributed by atoms with E-state index in [1.165, 1.54) is 5.69 Å². The first kappa shape index (κ1) is 8.26. The molecule has 0 bridgehead atoms. The SMILES string of the molecule is Cc1ccc(Br)c2nc(Br)cn12. The van der Waals surface area contributed by atoms with Gasteiger partial charge in [0.05, 0.1) is 4.47 Å². The first-order chi connectivity index (χ1) is 5.68. The summed E-state index contributed by atoms with van der Waals surface area (Å²) < 4.78 is 3.91. The standard InChI is InChI=1S/C8H6Br2N2/c1-5-2-3-6(9)8-11-7(10)4-12(5)8/h2-4H,1H3. The van der Waals surface area contributed by atoms with Gasteiger partial charge in [0.15, 0.2) is 5.65 Å². The Kier molecular flexibility index (Phi) is 1.96. The van der Waals surface area contributed by atoms with Crippen LogP contribution >= 0.6 is 31.9 Å². The maximum absolute atomic E-state index is 4.31. The molecule has 2 heterocycles. The minimum absolute atomic E-state index is 0.859. The number of fused-ring (bicyclic) bond motifs is 1. The summed E-state index contributed by atoms with van der Waals surface area (Å²) in [6, 6.07) is 4.05.